The number of hydrogen-bond donors (Lipinski definition) is 1. The van der Waals surface area contributed by atoms with E-state index in [0.29, 0.717) is 24.6 Å². The molecule has 2 aliphatic heterocycles. The van der Waals surface area contributed by atoms with Crippen LogP contribution in [-0.4, -0.2) is 59.0 Å². The van der Waals surface area contributed by atoms with Crippen LogP contribution in [0.5, 0.6) is 0 Å². The molecule has 4 heterocycles. The molecule has 1 saturated heterocycles. The fourth-order valence-electron chi connectivity index (χ4n) is 4.28. The quantitative estimate of drug-likeness (QED) is 0.751. The van der Waals surface area contributed by atoms with E-state index < -0.39 is 0 Å². The van der Waals surface area contributed by atoms with Gasteiger partial charge in [0.2, 0.25) is 0 Å². The van der Waals surface area contributed by atoms with Gasteiger partial charge in [0.25, 0.3) is 5.91 Å². The average molecular weight is 399 g/mol. The molecule has 0 spiro atoms. The van der Waals surface area contributed by atoms with Crippen molar-refractivity contribution in [2.24, 2.45) is 0 Å². The smallest absolute Gasteiger partial charge is 0.252 e. The van der Waals surface area contributed by atoms with Crippen molar-refractivity contribution in [1.82, 2.24) is 25.1 Å². The number of piperidine rings is 1. The van der Waals surface area contributed by atoms with Gasteiger partial charge in [0.15, 0.2) is 0 Å². The first-order valence-electron chi connectivity index (χ1n) is 10.7. The summed E-state index contributed by atoms with van der Waals surface area (Å²) in [5.74, 6) is 3.46. The van der Waals surface area contributed by atoms with Crippen LogP contribution in [0.2, 0.25) is 0 Å². The molecule has 0 radical (unpaired) electrons. The summed E-state index contributed by atoms with van der Waals surface area (Å²) in [4.78, 5) is 19.0. The van der Waals surface area contributed by atoms with Crippen molar-refractivity contribution in [2.45, 2.75) is 51.0 Å². The molecule has 0 saturated carbocycles. The predicted octanol–water partition coefficient (Wildman–Crippen LogP) is 2.16. The minimum Gasteiger partial charge on any atom is -0.383 e. The van der Waals surface area contributed by atoms with E-state index in [9.17, 15) is 4.79 Å². The Kier molecular flexibility index (Phi) is 6.39. The second kappa shape index (κ2) is 9.35. The van der Waals surface area contributed by atoms with Crippen molar-refractivity contribution in [3.8, 4) is 0 Å². The third-order valence-corrected chi connectivity index (χ3v) is 5.85. The summed E-state index contributed by atoms with van der Waals surface area (Å²) in [6.45, 7) is 3.90. The molecule has 1 atom stereocenters. The molecular weight excluding hydrogens is 368 g/mol. The van der Waals surface area contributed by atoms with Crippen LogP contribution >= 0.6 is 0 Å². The number of pyridine rings is 1. The van der Waals surface area contributed by atoms with Crippen molar-refractivity contribution in [2.75, 3.05) is 38.3 Å². The minimum atomic E-state index is -0.122. The highest BCUT2D eigenvalue weighted by Gasteiger charge is 2.28. The van der Waals surface area contributed by atoms with Crippen molar-refractivity contribution < 1.29 is 9.53 Å². The number of methoxy groups -OCH3 is 1. The van der Waals surface area contributed by atoms with Gasteiger partial charge in [0, 0.05) is 51.8 Å². The maximum Gasteiger partial charge on any atom is 0.252 e. The molecule has 0 bridgehead atoms. The number of aryl methyl sites for hydroxylation is 1. The molecule has 2 aromatic rings. The zero-order valence-corrected chi connectivity index (χ0v) is 17.1. The average Bonchev–Trinajstić information content (AvgIpc) is 3.02. The molecule has 0 aromatic carbocycles. The van der Waals surface area contributed by atoms with Gasteiger partial charge in [0.1, 0.15) is 17.5 Å². The lowest BCUT2D eigenvalue weighted by Gasteiger charge is -2.33. The summed E-state index contributed by atoms with van der Waals surface area (Å²) in [5, 5.41) is 11.9. The molecule has 1 unspecified atom stereocenters. The van der Waals surface area contributed by atoms with E-state index in [1.165, 1.54) is 19.3 Å². The highest BCUT2D eigenvalue weighted by atomic mass is 16.5. The Labute approximate surface area is 171 Å². The summed E-state index contributed by atoms with van der Waals surface area (Å²) >= 11 is 0. The largest absolute Gasteiger partial charge is 0.383 e. The number of ether oxygens (including phenoxy) is 1. The summed E-state index contributed by atoms with van der Waals surface area (Å²) in [7, 11) is 1.62. The standard InChI is InChI=1S/C21H30N6O2/c1-29-13-10-22-21(28)16-8-9-18(23-14-16)26-11-5-6-17(15-26)20-25-24-19-7-3-2-4-12-27(19)20/h8-9,14,17H,2-7,10-13,15H2,1H3,(H,22,28). The number of carbonyl (C=O) groups excluding carboxylic acids is 1. The lowest BCUT2D eigenvalue weighted by Crippen LogP contribution is -2.36. The second-order valence-corrected chi connectivity index (χ2v) is 7.88. The Morgan fingerprint density at radius 2 is 2.14 bits per heavy atom. The van der Waals surface area contributed by atoms with E-state index in [0.717, 1.165) is 56.4 Å². The molecule has 1 N–H and O–H groups in total. The molecule has 2 aliphatic rings. The van der Waals surface area contributed by atoms with Crippen LogP contribution < -0.4 is 10.2 Å². The Hall–Kier alpha value is -2.48. The van der Waals surface area contributed by atoms with E-state index in [4.69, 9.17) is 4.74 Å². The van der Waals surface area contributed by atoms with Crippen LogP contribution in [0.1, 0.15) is 60.0 Å². The highest BCUT2D eigenvalue weighted by Crippen LogP contribution is 2.30. The van der Waals surface area contributed by atoms with Gasteiger partial charge in [-0.05, 0) is 37.8 Å². The Balaban J connectivity index is 1.42. The number of anilines is 1. The van der Waals surface area contributed by atoms with Crippen molar-refractivity contribution in [3.05, 3.63) is 35.5 Å². The molecule has 8 heteroatoms. The first kappa shape index (κ1) is 19.8. The van der Waals surface area contributed by atoms with E-state index in [-0.39, 0.29) is 5.91 Å². The van der Waals surface area contributed by atoms with Gasteiger partial charge in [-0.2, -0.15) is 0 Å². The third kappa shape index (κ3) is 4.58. The topological polar surface area (TPSA) is 85.2 Å². The molecular formula is C21H30N6O2. The van der Waals surface area contributed by atoms with Crippen LogP contribution in [0.3, 0.4) is 0 Å². The van der Waals surface area contributed by atoms with E-state index in [1.807, 2.05) is 12.1 Å². The highest BCUT2D eigenvalue weighted by molar-refractivity contribution is 5.94. The third-order valence-electron chi connectivity index (χ3n) is 5.85. The van der Waals surface area contributed by atoms with Crippen LogP contribution in [0.4, 0.5) is 5.82 Å². The maximum absolute atomic E-state index is 12.1. The van der Waals surface area contributed by atoms with Crippen LogP contribution in [-0.2, 0) is 17.7 Å². The van der Waals surface area contributed by atoms with Crippen molar-refractivity contribution in [1.29, 1.82) is 0 Å². The van der Waals surface area contributed by atoms with Gasteiger partial charge in [-0.1, -0.05) is 6.42 Å². The van der Waals surface area contributed by atoms with Crippen LogP contribution in [0.15, 0.2) is 18.3 Å². The van der Waals surface area contributed by atoms with Crippen molar-refractivity contribution in [3.63, 3.8) is 0 Å². The van der Waals surface area contributed by atoms with E-state index in [2.05, 4.69) is 30.0 Å². The van der Waals surface area contributed by atoms with Crippen LogP contribution in [0, 0.1) is 0 Å². The number of carbonyl (C=O) groups is 1. The van der Waals surface area contributed by atoms with Crippen molar-refractivity contribution >= 4 is 11.7 Å². The van der Waals surface area contributed by atoms with Gasteiger partial charge in [-0.25, -0.2) is 4.98 Å². The second-order valence-electron chi connectivity index (χ2n) is 7.88. The molecule has 4 rings (SSSR count). The molecule has 1 amide bonds. The number of rotatable bonds is 6. The SMILES string of the molecule is COCCNC(=O)c1ccc(N2CCCC(c3nnc4n3CCCCC4)C2)nc1. The lowest BCUT2D eigenvalue weighted by molar-refractivity contribution is 0.0937. The monoisotopic (exact) mass is 398 g/mol. The Morgan fingerprint density at radius 3 is 2.97 bits per heavy atom. The van der Waals surface area contributed by atoms with Gasteiger partial charge in [0.05, 0.1) is 12.2 Å². The minimum absolute atomic E-state index is 0.122. The molecule has 156 valence electrons. The molecule has 1 fully saturated rings. The zero-order valence-electron chi connectivity index (χ0n) is 17.1. The number of amides is 1. The lowest BCUT2D eigenvalue weighted by atomic mass is 9.97. The van der Waals surface area contributed by atoms with Gasteiger partial charge in [-0.15, -0.1) is 10.2 Å². The Morgan fingerprint density at radius 1 is 1.21 bits per heavy atom. The van der Waals surface area contributed by atoms with Gasteiger partial charge < -0.3 is 19.5 Å². The fourth-order valence-corrected chi connectivity index (χ4v) is 4.28. The summed E-state index contributed by atoms with van der Waals surface area (Å²) in [5.41, 5.74) is 0.571. The van der Waals surface area contributed by atoms with Crippen LogP contribution in [0.25, 0.3) is 0 Å². The fraction of sp³-hybridized carbons (Fsp3) is 0.619. The predicted molar refractivity (Wildman–Crippen MR) is 110 cm³/mol. The maximum atomic E-state index is 12.1. The van der Waals surface area contributed by atoms with E-state index in [1.54, 1.807) is 13.3 Å². The van der Waals surface area contributed by atoms with E-state index >= 15 is 0 Å². The summed E-state index contributed by atoms with van der Waals surface area (Å²) in [6.07, 6.45) is 8.63. The summed E-state index contributed by atoms with van der Waals surface area (Å²) in [6, 6.07) is 3.79. The van der Waals surface area contributed by atoms with Gasteiger partial charge in [-0.3, -0.25) is 4.79 Å². The molecule has 29 heavy (non-hydrogen) atoms. The number of hydrogen-bond acceptors (Lipinski definition) is 6. The van der Waals surface area contributed by atoms with Gasteiger partial charge >= 0.3 is 0 Å². The number of fused-ring (bicyclic) bond motifs is 1. The zero-order chi connectivity index (χ0) is 20.1. The molecule has 0 aliphatic carbocycles. The summed E-state index contributed by atoms with van der Waals surface area (Å²) < 4.78 is 7.32. The molecule has 2 aromatic heterocycles. The first-order valence-corrected chi connectivity index (χ1v) is 10.7. The number of nitrogens with zero attached hydrogens (tertiary/aromatic N) is 5. The normalized spacial score (nSPS) is 19.5. The number of nitrogens with one attached hydrogen (secondary N) is 1. The number of aromatic nitrogens is 4. The Bertz CT molecular complexity index is 819. The molecule has 8 nitrogen and oxygen atoms in total. The first-order chi connectivity index (χ1) is 14.3.